The third-order valence-electron chi connectivity index (χ3n) is 2.58. The Labute approximate surface area is 110 Å². The van der Waals surface area contributed by atoms with E-state index in [2.05, 4.69) is 5.32 Å². The van der Waals surface area contributed by atoms with Crippen LogP contribution in [0.25, 0.3) is 0 Å². The molecule has 0 aliphatic rings. The van der Waals surface area contributed by atoms with Crippen LogP contribution in [0.2, 0.25) is 0 Å². The number of aldehydes is 1. The van der Waals surface area contributed by atoms with E-state index < -0.39 is 0 Å². The number of nitriles is 1. The third-order valence-corrected chi connectivity index (χ3v) is 2.58. The van der Waals surface area contributed by atoms with E-state index in [9.17, 15) is 9.59 Å². The number of benzene rings is 2. The molecule has 4 heteroatoms. The molecule has 2 aromatic carbocycles. The first-order chi connectivity index (χ1) is 9.22. The molecule has 1 N–H and O–H groups in total. The zero-order chi connectivity index (χ0) is 13.7. The van der Waals surface area contributed by atoms with Crippen molar-refractivity contribution in [1.29, 1.82) is 5.26 Å². The summed E-state index contributed by atoms with van der Waals surface area (Å²) in [6.07, 6.45) is 0.742. The van der Waals surface area contributed by atoms with Gasteiger partial charge in [-0.2, -0.15) is 5.26 Å². The Kier molecular flexibility index (Phi) is 3.70. The second-order valence-corrected chi connectivity index (χ2v) is 3.88. The van der Waals surface area contributed by atoms with Crippen molar-refractivity contribution in [1.82, 2.24) is 0 Å². The minimum absolute atomic E-state index is 0.261. The van der Waals surface area contributed by atoms with Crippen molar-refractivity contribution in [2.45, 2.75) is 0 Å². The molecule has 0 saturated carbocycles. The fraction of sp³-hybridized carbons (Fsp3) is 0. The largest absolute Gasteiger partial charge is 0.322 e. The number of hydrogen-bond acceptors (Lipinski definition) is 3. The Morgan fingerprint density at radius 3 is 2.21 bits per heavy atom. The second-order valence-electron chi connectivity index (χ2n) is 3.88. The summed E-state index contributed by atoms with van der Waals surface area (Å²) < 4.78 is 0. The van der Waals surface area contributed by atoms with Gasteiger partial charge in [-0.15, -0.1) is 0 Å². The predicted molar refractivity (Wildman–Crippen MR) is 70.9 cm³/mol. The summed E-state index contributed by atoms with van der Waals surface area (Å²) in [5.74, 6) is -0.261. The van der Waals surface area contributed by atoms with Gasteiger partial charge >= 0.3 is 0 Å². The smallest absolute Gasteiger partial charge is 0.255 e. The zero-order valence-electron chi connectivity index (χ0n) is 9.96. The Hall–Kier alpha value is -2.93. The van der Waals surface area contributed by atoms with Gasteiger partial charge in [0.15, 0.2) is 0 Å². The van der Waals surface area contributed by atoms with Gasteiger partial charge in [-0.1, -0.05) is 0 Å². The minimum Gasteiger partial charge on any atom is -0.322 e. The van der Waals surface area contributed by atoms with Crippen LogP contribution in [0.5, 0.6) is 0 Å². The van der Waals surface area contributed by atoms with Gasteiger partial charge in [0.05, 0.1) is 11.6 Å². The first kappa shape index (κ1) is 12.5. The van der Waals surface area contributed by atoms with E-state index >= 15 is 0 Å². The molecule has 0 aliphatic heterocycles. The summed E-state index contributed by atoms with van der Waals surface area (Å²) >= 11 is 0. The van der Waals surface area contributed by atoms with E-state index in [1.807, 2.05) is 6.07 Å². The molecule has 19 heavy (non-hydrogen) atoms. The highest BCUT2D eigenvalue weighted by atomic mass is 16.1. The SMILES string of the molecule is N#Cc1ccc(C(=O)Nc2ccc(C=O)cc2)cc1. The van der Waals surface area contributed by atoms with E-state index in [0.29, 0.717) is 22.4 Å². The average Bonchev–Trinajstić information content (AvgIpc) is 2.48. The maximum Gasteiger partial charge on any atom is 0.255 e. The highest BCUT2D eigenvalue weighted by Gasteiger charge is 2.05. The van der Waals surface area contributed by atoms with E-state index in [4.69, 9.17) is 5.26 Å². The molecule has 0 radical (unpaired) electrons. The molecular weight excluding hydrogens is 240 g/mol. The van der Waals surface area contributed by atoms with Gasteiger partial charge in [0.1, 0.15) is 6.29 Å². The number of nitrogens with one attached hydrogen (secondary N) is 1. The van der Waals surface area contributed by atoms with Crippen LogP contribution in [-0.4, -0.2) is 12.2 Å². The molecule has 0 aromatic heterocycles. The number of carbonyl (C=O) groups excluding carboxylic acids is 2. The van der Waals surface area contributed by atoms with Crippen LogP contribution in [0.4, 0.5) is 5.69 Å². The number of carbonyl (C=O) groups is 2. The van der Waals surface area contributed by atoms with Crippen molar-refractivity contribution in [3.8, 4) is 6.07 Å². The second kappa shape index (κ2) is 5.61. The number of anilines is 1. The molecule has 92 valence electrons. The standard InChI is InChI=1S/C15H10N2O2/c16-9-11-1-5-13(6-2-11)15(19)17-14-7-3-12(10-18)4-8-14/h1-8,10H,(H,17,19). The van der Waals surface area contributed by atoms with Crippen LogP contribution < -0.4 is 5.32 Å². The molecule has 0 saturated heterocycles. The van der Waals surface area contributed by atoms with Gasteiger partial charge in [0.2, 0.25) is 0 Å². The molecule has 0 atom stereocenters. The monoisotopic (exact) mass is 250 g/mol. The summed E-state index contributed by atoms with van der Waals surface area (Å²) in [5.41, 5.74) is 2.14. The molecule has 0 aliphatic carbocycles. The number of amides is 1. The molecule has 0 spiro atoms. The molecule has 0 fully saturated rings. The average molecular weight is 250 g/mol. The van der Waals surface area contributed by atoms with Gasteiger partial charge in [-0.25, -0.2) is 0 Å². The van der Waals surface area contributed by atoms with Crippen LogP contribution in [0.3, 0.4) is 0 Å². The first-order valence-electron chi connectivity index (χ1n) is 5.59. The van der Waals surface area contributed by atoms with Crippen molar-refractivity contribution in [2.24, 2.45) is 0 Å². The van der Waals surface area contributed by atoms with Crippen molar-refractivity contribution >= 4 is 17.9 Å². The van der Waals surface area contributed by atoms with E-state index in [-0.39, 0.29) is 5.91 Å². The van der Waals surface area contributed by atoms with Crippen LogP contribution in [0.1, 0.15) is 26.3 Å². The van der Waals surface area contributed by atoms with E-state index in [1.54, 1.807) is 48.5 Å². The van der Waals surface area contributed by atoms with E-state index in [0.717, 1.165) is 6.29 Å². The van der Waals surface area contributed by atoms with Crippen LogP contribution >= 0.6 is 0 Å². The van der Waals surface area contributed by atoms with Crippen LogP contribution in [-0.2, 0) is 0 Å². The van der Waals surface area contributed by atoms with Crippen LogP contribution in [0.15, 0.2) is 48.5 Å². The zero-order valence-corrected chi connectivity index (χ0v) is 9.96. The van der Waals surface area contributed by atoms with Crippen molar-refractivity contribution < 1.29 is 9.59 Å². The summed E-state index contributed by atoms with van der Waals surface area (Å²) in [6.45, 7) is 0. The van der Waals surface area contributed by atoms with Gasteiger partial charge in [0, 0.05) is 16.8 Å². The Morgan fingerprint density at radius 2 is 1.68 bits per heavy atom. The topological polar surface area (TPSA) is 70.0 Å². The predicted octanol–water partition coefficient (Wildman–Crippen LogP) is 2.62. The lowest BCUT2D eigenvalue weighted by atomic mass is 10.1. The minimum atomic E-state index is -0.261. The fourth-order valence-corrected chi connectivity index (χ4v) is 1.54. The lowest BCUT2D eigenvalue weighted by Gasteiger charge is -2.05. The maximum absolute atomic E-state index is 11.9. The summed E-state index contributed by atoms with van der Waals surface area (Å²) in [4.78, 5) is 22.4. The molecule has 2 rings (SSSR count). The lowest BCUT2D eigenvalue weighted by Crippen LogP contribution is -2.11. The highest BCUT2D eigenvalue weighted by Crippen LogP contribution is 2.11. The quantitative estimate of drug-likeness (QED) is 0.851. The summed E-state index contributed by atoms with van der Waals surface area (Å²) in [6, 6.07) is 14.9. The Morgan fingerprint density at radius 1 is 1.05 bits per heavy atom. The normalized spacial score (nSPS) is 9.42. The lowest BCUT2D eigenvalue weighted by molar-refractivity contribution is 0.102. The molecular formula is C15H10N2O2. The molecule has 2 aromatic rings. The van der Waals surface area contributed by atoms with Gasteiger partial charge in [0.25, 0.3) is 5.91 Å². The highest BCUT2D eigenvalue weighted by molar-refractivity contribution is 6.04. The fourth-order valence-electron chi connectivity index (χ4n) is 1.54. The number of nitrogens with zero attached hydrogens (tertiary/aromatic N) is 1. The maximum atomic E-state index is 11.9. The van der Waals surface area contributed by atoms with Crippen LogP contribution in [0, 0.1) is 11.3 Å². The van der Waals surface area contributed by atoms with Crippen molar-refractivity contribution in [3.63, 3.8) is 0 Å². The van der Waals surface area contributed by atoms with Gasteiger partial charge < -0.3 is 5.32 Å². The van der Waals surface area contributed by atoms with E-state index in [1.165, 1.54) is 0 Å². The molecule has 0 unspecified atom stereocenters. The molecule has 4 nitrogen and oxygen atoms in total. The van der Waals surface area contributed by atoms with Gasteiger partial charge in [-0.05, 0) is 48.5 Å². The number of hydrogen-bond donors (Lipinski definition) is 1. The summed E-state index contributed by atoms with van der Waals surface area (Å²) in [7, 11) is 0. The van der Waals surface area contributed by atoms with Crippen molar-refractivity contribution in [3.05, 3.63) is 65.2 Å². The number of rotatable bonds is 3. The summed E-state index contributed by atoms with van der Waals surface area (Å²) in [5, 5.41) is 11.4. The molecule has 0 bridgehead atoms. The molecule has 1 amide bonds. The molecule has 0 heterocycles. The third kappa shape index (κ3) is 3.05. The Bertz CT molecular complexity index is 637. The Balaban J connectivity index is 2.11. The van der Waals surface area contributed by atoms with Gasteiger partial charge in [-0.3, -0.25) is 9.59 Å². The first-order valence-corrected chi connectivity index (χ1v) is 5.59. The van der Waals surface area contributed by atoms with Crippen molar-refractivity contribution in [2.75, 3.05) is 5.32 Å².